The van der Waals surface area contributed by atoms with E-state index in [0.29, 0.717) is 18.9 Å². The molecule has 0 bridgehead atoms. The fourth-order valence-corrected chi connectivity index (χ4v) is 7.84. The highest BCUT2D eigenvalue weighted by Crippen LogP contribution is 2.35. The van der Waals surface area contributed by atoms with E-state index in [4.69, 9.17) is 4.74 Å². The molecule has 158 valence electrons. The minimum atomic E-state index is -3.10. The number of halogens is 1. The summed E-state index contributed by atoms with van der Waals surface area (Å²) in [6, 6.07) is 13.6. The molecule has 1 N–H and O–H groups in total. The lowest BCUT2D eigenvalue weighted by atomic mass is 10.1. The van der Waals surface area contributed by atoms with Gasteiger partial charge in [0.2, 0.25) is 5.91 Å². The molecule has 0 aromatic heterocycles. The highest BCUT2D eigenvalue weighted by atomic mass is 28.4. The summed E-state index contributed by atoms with van der Waals surface area (Å²) < 4.78 is 21.9. The molecule has 1 amide bonds. The third kappa shape index (κ3) is 5.69. The monoisotopic (exact) mass is 415 g/mol. The van der Waals surface area contributed by atoms with E-state index in [2.05, 4.69) is 5.32 Å². The Hall–Kier alpha value is -2.14. The highest BCUT2D eigenvalue weighted by molar-refractivity contribution is 6.88. The number of benzene rings is 2. The highest BCUT2D eigenvalue weighted by Gasteiger charge is 2.45. The number of ether oxygens (including phenoxy) is 1. The van der Waals surface area contributed by atoms with Crippen LogP contribution in [-0.4, -0.2) is 20.9 Å². The zero-order valence-electron chi connectivity index (χ0n) is 18.5. The maximum Gasteiger partial charge on any atom is 0.283 e. The maximum absolute atomic E-state index is 16.1. The van der Waals surface area contributed by atoms with Crippen molar-refractivity contribution >= 4 is 19.5 Å². The molecule has 3 nitrogen and oxygen atoms in total. The van der Waals surface area contributed by atoms with Gasteiger partial charge in [0.1, 0.15) is 5.75 Å². The van der Waals surface area contributed by atoms with Crippen molar-refractivity contribution in [2.45, 2.75) is 65.6 Å². The van der Waals surface area contributed by atoms with Crippen LogP contribution in [0.2, 0.25) is 11.1 Å². The fourth-order valence-electron chi connectivity index (χ4n) is 4.00. The lowest BCUT2D eigenvalue weighted by Crippen LogP contribution is -2.51. The molecule has 0 aliphatic rings. The standard InChI is InChI=1S/C24H34FNO2Si/c1-17(2)29(25,18(3)4)24-19(5)14-22(15-20(24)6)28-13-12-23(27)26-16-21-10-8-7-9-11-21/h7-11,14-15,17-18H,12-13,16H2,1-6H3,(H,26,27). The van der Waals surface area contributed by atoms with Crippen LogP contribution >= 0.6 is 0 Å². The lowest BCUT2D eigenvalue weighted by Gasteiger charge is -2.33. The Kier molecular flexibility index (Phi) is 8.02. The number of aryl methyl sites for hydroxylation is 2. The van der Waals surface area contributed by atoms with Gasteiger partial charge < -0.3 is 14.2 Å². The van der Waals surface area contributed by atoms with E-state index in [-0.39, 0.29) is 23.4 Å². The van der Waals surface area contributed by atoms with Gasteiger partial charge in [0, 0.05) is 6.54 Å². The first-order valence-electron chi connectivity index (χ1n) is 10.4. The van der Waals surface area contributed by atoms with E-state index in [0.717, 1.165) is 21.9 Å². The molecular weight excluding hydrogens is 381 g/mol. The molecule has 29 heavy (non-hydrogen) atoms. The van der Waals surface area contributed by atoms with Gasteiger partial charge in [0.15, 0.2) is 0 Å². The molecule has 0 radical (unpaired) electrons. The van der Waals surface area contributed by atoms with Crippen molar-refractivity contribution in [3.8, 4) is 5.75 Å². The topological polar surface area (TPSA) is 38.3 Å². The number of hydrogen-bond acceptors (Lipinski definition) is 2. The van der Waals surface area contributed by atoms with Crippen LogP contribution in [0, 0.1) is 13.8 Å². The molecule has 0 saturated heterocycles. The summed E-state index contributed by atoms with van der Waals surface area (Å²) in [5, 5.41) is 3.80. The molecule has 2 aromatic carbocycles. The minimum absolute atomic E-state index is 0.0139. The molecule has 0 atom stereocenters. The van der Waals surface area contributed by atoms with Crippen LogP contribution in [0.5, 0.6) is 5.75 Å². The SMILES string of the molecule is Cc1cc(OCCC(=O)NCc2ccccc2)cc(C)c1[Si](F)(C(C)C)C(C)C. The lowest BCUT2D eigenvalue weighted by molar-refractivity contribution is -0.121. The summed E-state index contributed by atoms with van der Waals surface area (Å²) in [5.41, 5.74) is 2.99. The zero-order chi connectivity index (χ0) is 21.6. The van der Waals surface area contributed by atoms with E-state index in [9.17, 15) is 4.79 Å². The largest absolute Gasteiger partial charge is 0.493 e. The summed E-state index contributed by atoms with van der Waals surface area (Å²) in [6.45, 7) is 12.7. The Morgan fingerprint density at radius 1 is 1.03 bits per heavy atom. The van der Waals surface area contributed by atoms with Gasteiger partial charge >= 0.3 is 0 Å². The van der Waals surface area contributed by atoms with Crippen LogP contribution in [0.4, 0.5) is 4.11 Å². The molecule has 5 heteroatoms. The zero-order valence-corrected chi connectivity index (χ0v) is 19.5. The Labute approximate surface area is 175 Å². The second-order valence-electron chi connectivity index (χ2n) is 8.37. The number of amides is 1. The molecule has 0 fully saturated rings. The Morgan fingerprint density at radius 2 is 1.59 bits per heavy atom. The summed E-state index contributed by atoms with van der Waals surface area (Å²) in [7, 11) is -3.10. The van der Waals surface area contributed by atoms with Crippen molar-refractivity contribution in [1.82, 2.24) is 5.32 Å². The summed E-state index contributed by atoms with van der Waals surface area (Å²) in [6.07, 6.45) is 0.284. The third-order valence-electron chi connectivity index (χ3n) is 5.50. The summed E-state index contributed by atoms with van der Waals surface area (Å²) in [4.78, 5) is 12.0. The van der Waals surface area contributed by atoms with Gasteiger partial charge in [-0.05, 0) is 58.9 Å². The van der Waals surface area contributed by atoms with Gasteiger partial charge in [-0.15, -0.1) is 0 Å². The van der Waals surface area contributed by atoms with Gasteiger partial charge in [-0.2, -0.15) is 0 Å². The van der Waals surface area contributed by atoms with Gasteiger partial charge in [-0.1, -0.05) is 58.0 Å². The minimum Gasteiger partial charge on any atom is -0.493 e. The Morgan fingerprint density at radius 3 is 2.10 bits per heavy atom. The number of hydrogen-bond donors (Lipinski definition) is 1. The van der Waals surface area contributed by atoms with Crippen molar-refractivity contribution in [2.24, 2.45) is 0 Å². The molecule has 2 aromatic rings. The van der Waals surface area contributed by atoms with E-state index in [1.807, 2.05) is 84.0 Å². The number of nitrogens with one attached hydrogen (secondary N) is 1. The van der Waals surface area contributed by atoms with Crippen molar-refractivity contribution < 1.29 is 13.6 Å². The Balaban J connectivity index is 1.98. The first-order chi connectivity index (χ1) is 13.7. The van der Waals surface area contributed by atoms with Crippen LogP contribution in [0.25, 0.3) is 0 Å². The first kappa shape index (κ1) is 23.1. The number of carbonyl (C=O) groups excluding carboxylic acids is 1. The predicted molar refractivity (Wildman–Crippen MR) is 121 cm³/mol. The van der Waals surface area contributed by atoms with Crippen molar-refractivity contribution in [3.05, 3.63) is 59.2 Å². The molecule has 0 saturated carbocycles. The van der Waals surface area contributed by atoms with Gasteiger partial charge in [0.25, 0.3) is 8.41 Å². The van der Waals surface area contributed by atoms with Gasteiger partial charge in [-0.25, -0.2) is 0 Å². The average Bonchev–Trinajstić information content (AvgIpc) is 2.66. The normalized spacial score (nSPS) is 11.8. The van der Waals surface area contributed by atoms with Crippen molar-refractivity contribution in [2.75, 3.05) is 6.61 Å². The maximum atomic E-state index is 16.1. The Bertz CT molecular complexity index is 790. The molecule has 0 spiro atoms. The van der Waals surface area contributed by atoms with Crippen LogP contribution < -0.4 is 15.2 Å². The van der Waals surface area contributed by atoms with Crippen LogP contribution in [0.1, 0.15) is 50.8 Å². The van der Waals surface area contributed by atoms with Crippen LogP contribution in [0.3, 0.4) is 0 Å². The van der Waals surface area contributed by atoms with Crippen LogP contribution in [-0.2, 0) is 11.3 Å². The van der Waals surface area contributed by atoms with Gasteiger partial charge in [-0.3, -0.25) is 4.79 Å². The average molecular weight is 416 g/mol. The van der Waals surface area contributed by atoms with Crippen molar-refractivity contribution in [3.63, 3.8) is 0 Å². The van der Waals surface area contributed by atoms with E-state index >= 15 is 4.11 Å². The number of carbonyl (C=O) groups is 1. The molecular formula is C24H34FNO2Si. The van der Waals surface area contributed by atoms with E-state index in [1.54, 1.807) is 0 Å². The summed E-state index contributed by atoms with van der Waals surface area (Å²) in [5.74, 6) is 0.650. The smallest absolute Gasteiger partial charge is 0.283 e. The molecule has 0 heterocycles. The fraction of sp³-hybridized carbons (Fsp3) is 0.458. The molecule has 0 aliphatic heterocycles. The second kappa shape index (κ2) is 10.1. The molecule has 2 rings (SSSR count). The predicted octanol–water partition coefficient (Wildman–Crippen LogP) is 5.33. The third-order valence-corrected chi connectivity index (χ3v) is 10.4. The summed E-state index contributed by atoms with van der Waals surface area (Å²) >= 11 is 0. The quantitative estimate of drug-likeness (QED) is 0.444. The molecule has 0 aliphatic carbocycles. The van der Waals surface area contributed by atoms with Gasteiger partial charge in [0.05, 0.1) is 13.0 Å². The first-order valence-corrected chi connectivity index (χ1v) is 12.4. The van der Waals surface area contributed by atoms with Crippen molar-refractivity contribution in [1.29, 1.82) is 0 Å². The number of rotatable bonds is 9. The molecule has 0 unspecified atom stereocenters. The van der Waals surface area contributed by atoms with E-state index in [1.165, 1.54) is 0 Å². The second-order valence-corrected chi connectivity index (χ2v) is 12.7. The van der Waals surface area contributed by atoms with E-state index < -0.39 is 8.41 Å². The van der Waals surface area contributed by atoms with Crippen LogP contribution in [0.15, 0.2) is 42.5 Å².